The van der Waals surface area contributed by atoms with Crippen LogP contribution in [0.15, 0.2) is 215 Å². The lowest BCUT2D eigenvalue weighted by Gasteiger charge is -2.12. The zero-order valence-corrected chi connectivity index (χ0v) is 33.3. The molecule has 0 aliphatic heterocycles. The van der Waals surface area contributed by atoms with Crippen molar-refractivity contribution in [2.24, 2.45) is 0 Å². The van der Waals surface area contributed by atoms with E-state index >= 15 is 0 Å². The van der Waals surface area contributed by atoms with Crippen LogP contribution in [0.5, 0.6) is 0 Å². The highest BCUT2D eigenvalue weighted by molar-refractivity contribution is 6.27. The van der Waals surface area contributed by atoms with Crippen LogP contribution in [-0.4, -0.2) is 9.13 Å². The molecule has 0 radical (unpaired) electrons. The average Bonchev–Trinajstić information content (AvgIpc) is 4.09. The average molecular weight is 791 g/mol. The van der Waals surface area contributed by atoms with Crippen LogP contribution >= 0.6 is 0 Å². The Hall–Kier alpha value is -8.34. The maximum atomic E-state index is 6.86. The molecule has 4 nitrogen and oxygen atoms in total. The number of nitrogens with zero attached hydrogens (tertiary/aromatic N) is 2. The summed E-state index contributed by atoms with van der Waals surface area (Å²) in [5.41, 5.74) is 14.9. The lowest BCUT2D eigenvalue weighted by atomic mass is 9.97. The molecular weight excluding hydrogens is 757 g/mol. The lowest BCUT2D eigenvalue weighted by molar-refractivity contribution is 0.668. The van der Waals surface area contributed by atoms with Crippen molar-refractivity contribution in [3.63, 3.8) is 0 Å². The number of furan rings is 2. The summed E-state index contributed by atoms with van der Waals surface area (Å²) in [6, 6.07) is 74.3. The summed E-state index contributed by atoms with van der Waals surface area (Å²) in [6.45, 7) is 0. The van der Waals surface area contributed by atoms with Gasteiger partial charge in [-0.2, -0.15) is 0 Å². The second kappa shape index (κ2) is 12.6. The standard InChI is InChI=1S/C58H34N2O2/c1-2-13-35(14-3-1)37-27-30-50-46(33-37)41-29-31-51-56(44-18-6-8-23-49(44)60(51)48-24-10-16-36-15-4-5-17-39(36)48)57(41)59(50)38-28-32-53-47(34-38)43-22-11-21-42(58(43)62-53)40-20-12-26-54-55(40)45-19-7-9-25-52(45)61-54/h1-34H. The van der Waals surface area contributed by atoms with Gasteiger partial charge in [0.2, 0.25) is 0 Å². The fraction of sp³-hybridized carbons (Fsp3) is 0. The van der Waals surface area contributed by atoms with Gasteiger partial charge in [-0.05, 0) is 82.7 Å². The quantitative estimate of drug-likeness (QED) is 0.178. The Kier molecular flexibility index (Phi) is 6.80. The number of hydrogen-bond donors (Lipinski definition) is 0. The first kappa shape index (κ1) is 33.5. The molecule has 4 heterocycles. The molecule has 14 rings (SSSR count). The highest BCUT2D eigenvalue weighted by Crippen LogP contribution is 2.46. The zero-order valence-electron chi connectivity index (χ0n) is 33.3. The summed E-state index contributed by atoms with van der Waals surface area (Å²) >= 11 is 0. The molecule has 0 aliphatic rings. The molecule has 10 aromatic carbocycles. The molecule has 0 unspecified atom stereocenters. The van der Waals surface area contributed by atoms with Crippen LogP contribution in [0.2, 0.25) is 0 Å². The summed E-state index contributed by atoms with van der Waals surface area (Å²) in [4.78, 5) is 0. The third-order valence-electron chi connectivity index (χ3n) is 13.1. The molecule has 0 spiro atoms. The van der Waals surface area contributed by atoms with Gasteiger partial charge in [-0.15, -0.1) is 0 Å². The number of hydrogen-bond acceptors (Lipinski definition) is 2. The van der Waals surface area contributed by atoms with Gasteiger partial charge in [0.05, 0.1) is 27.8 Å². The first-order valence-electron chi connectivity index (χ1n) is 21.2. The van der Waals surface area contributed by atoms with Crippen LogP contribution in [0.3, 0.4) is 0 Å². The van der Waals surface area contributed by atoms with Crippen molar-refractivity contribution in [3.05, 3.63) is 206 Å². The van der Waals surface area contributed by atoms with E-state index in [4.69, 9.17) is 8.83 Å². The van der Waals surface area contributed by atoms with Crippen molar-refractivity contribution in [3.8, 4) is 33.6 Å². The van der Waals surface area contributed by atoms with E-state index in [1.54, 1.807) is 0 Å². The van der Waals surface area contributed by atoms with E-state index in [1.807, 2.05) is 12.1 Å². The van der Waals surface area contributed by atoms with Crippen molar-refractivity contribution < 1.29 is 8.83 Å². The topological polar surface area (TPSA) is 36.1 Å². The minimum absolute atomic E-state index is 0.852. The maximum Gasteiger partial charge on any atom is 0.143 e. The zero-order chi connectivity index (χ0) is 40.5. The summed E-state index contributed by atoms with van der Waals surface area (Å²) in [6.07, 6.45) is 0. The number of aromatic nitrogens is 2. The highest BCUT2D eigenvalue weighted by Gasteiger charge is 2.23. The predicted molar refractivity (Wildman–Crippen MR) is 258 cm³/mol. The van der Waals surface area contributed by atoms with Gasteiger partial charge < -0.3 is 18.0 Å². The molecule has 4 aromatic heterocycles. The van der Waals surface area contributed by atoms with Gasteiger partial charge in [-0.1, -0.05) is 146 Å². The molecule has 62 heavy (non-hydrogen) atoms. The SMILES string of the molecule is c1ccc(-c2ccc3c(c2)c2ccc4c(c5ccccc5n4-c4cccc5ccccc45)c2n3-c2ccc3oc4c(-c5cccc6oc7ccccc7c56)cccc4c3c2)cc1. The molecule has 0 N–H and O–H groups in total. The predicted octanol–water partition coefficient (Wildman–Crippen LogP) is 16.2. The molecule has 0 amide bonds. The normalized spacial score (nSPS) is 12.2. The van der Waals surface area contributed by atoms with Crippen LogP contribution in [0, 0.1) is 0 Å². The Bertz CT molecular complexity index is 4150. The van der Waals surface area contributed by atoms with Crippen molar-refractivity contribution in [1.82, 2.24) is 9.13 Å². The summed E-state index contributed by atoms with van der Waals surface area (Å²) < 4.78 is 18.1. The van der Waals surface area contributed by atoms with E-state index in [0.717, 1.165) is 66.2 Å². The third-order valence-corrected chi connectivity index (χ3v) is 13.1. The Balaban J connectivity index is 1.07. The first-order valence-corrected chi connectivity index (χ1v) is 21.2. The van der Waals surface area contributed by atoms with E-state index in [9.17, 15) is 0 Å². The van der Waals surface area contributed by atoms with Crippen LogP contribution in [0.1, 0.15) is 0 Å². The van der Waals surface area contributed by atoms with Gasteiger partial charge >= 0.3 is 0 Å². The van der Waals surface area contributed by atoms with Crippen LogP contribution in [0.25, 0.3) is 132 Å². The number of para-hydroxylation sites is 3. The minimum atomic E-state index is 0.852. The third kappa shape index (κ3) is 4.61. The fourth-order valence-corrected chi connectivity index (χ4v) is 10.4. The number of benzene rings is 10. The summed E-state index contributed by atoms with van der Waals surface area (Å²) in [7, 11) is 0. The van der Waals surface area contributed by atoms with Crippen LogP contribution in [-0.2, 0) is 0 Å². The maximum absolute atomic E-state index is 6.86. The van der Waals surface area contributed by atoms with Crippen molar-refractivity contribution in [2.75, 3.05) is 0 Å². The molecular formula is C58H34N2O2. The molecule has 0 aliphatic carbocycles. The van der Waals surface area contributed by atoms with E-state index in [2.05, 4.69) is 203 Å². The number of fused-ring (bicyclic) bond motifs is 14. The summed E-state index contributed by atoms with van der Waals surface area (Å²) in [5.74, 6) is 0. The molecule has 14 aromatic rings. The Labute approximate surface area is 354 Å². The Morgan fingerprint density at radius 1 is 0.323 bits per heavy atom. The van der Waals surface area contributed by atoms with Crippen molar-refractivity contribution >= 4 is 98.3 Å². The van der Waals surface area contributed by atoms with Gasteiger partial charge in [-0.25, -0.2) is 0 Å². The second-order valence-electron chi connectivity index (χ2n) is 16.4. The van der Waals surface area contributed by atoms with E-state index in [1.165, 1.54) is 65.7 Å². The van der Waals surface area contributed by atoms with Gasteiger partial charge in [0.15, 0.2) is 0 Å². The minimum Gasteiger partial charge on any atom is -0.456 e. The molecule has 0 saturated heterocycles. The van der Waals surface area contributed by atoms with Gasteiger partial charge in [0.25, 0.3) is 0 Å². The van der Waals surface area contributed by atoms with Gasteiger partial charge in [-0.3, -0.25) is 0 Å². The second-order valence-corrected chi connectivity index (χ2v) is 16.4. The molecule has 288 valence electrons. The van der Waals surface area contributed by atoms with Crippen molar-refractivity contribution in [1.29, 1.82) is 0 Å². The Morgan fingerprint density at radius 2 is 1.02 bits per heavy atom. The Morgan fingerprint density at radius 3 is 1.95 bits per heavy atom. The monoisotopic (exact) mass is 790 g/mol. The van der Waals surface area contributed by atoms with E-state index < -0.39 is 0 Å². The molecule has 0 fully saturated rings. The lowest BCUT2D eigenvalue weighted by Crippen LogP contribution is -1.96. The van der Waals surface area contributed by atoms with Crippen LogP contribution in [0.4, 0.5) is 0 Å². The largest absolute Gasteiger partial charge is 0.456 e. The number of rotatable bonds is 4. The molecule has 0 saturated carbocycles. The van der Waals surface area contributed by atoms with Crippen molar-refractivity contribution in [2.45, 2.75) is 0 Å². The first-order chi connectivity index (χ1) is 30.8. The molecule has 0 atom stereocenters. The summed E-state index contributed by atoms with van der Waals surface area (Å²) in [5, 5.41) is 11.7. The van der Waals surface area contributed by atoms with Gasteiger partial charge in [0.1, 0.15) is 22.3 Å². The fourth-order valence-electron chi connectivity index (χ4n) is 10.4. The van der Waals surface area contributed by atoms with E-state index in [0.29, 0.717) is 0 Å². The highest BCUT2D eigenvalue weighted by atomic mass is 16.3. The molecule has 4 heteroatoms. The smallest absolute Gasteiger partial charge is 0.143 e. The van der Waals surface area contributed by atoms with Gasteiger partial charge in [0, 0.05) is 59.7 Å². The molecule has 0 bridgehead atoms. The van der Waals surface area contributed by atoms with E-state index in [-0.39, 0.29) is 0 Å². The van der Waals surface area contributed by atoms with Crippen LogP contribution < -0.4 is 0 Å².